The number of hydrogen-bond donors (Lipinski definition) is 5. The van der Waals surface area contributed by atoms with Crippen LogP contribution in [-0.4, -0.2) is 177 Å². The summed E-state index contributed by atoms with van der Waals surface area (Å²) in [6.45, 7) is 7.40. The first kappa shape index (κ1) is 77.7. The van der Waals surface area contributed by atoms with Gasteiger partial charge in [0.1, 0.15) is 0 Å². The second kappa shape index (κ2) is 32.0. The normalized spacial score (nSPS) is 18.2. The molecule has 0 aliphatic carbocycles. The average molecular weight is 1550 g/mol. The number of aromatic amines is 5. The van der Waals surface area contributed by atoms with Crippen molar-refractivity contribution in [2.24, 2.45) is 0 Å². The molecule has 0 bridgehead atoms. The number of likely N-dealkylation sites (tertiary alicyclic amines) is 1. The van der Waals surface area contributed by atoms with E-state index in [2.05, 4.69) is 43.3 Å². The highest BCUT2D eigenvalue weighted by Crippen LogP contribution is 2.41. The van der Waals surface area contributed by atoms with Crippen molar-refractivity contribution < 1.29 is 60.4 Å². The zero-order valence-corrected chi connectivity index (χ0v) is 62.9. The fourth-order valence-electron chi connectivity index (χ4n) is 15.1. The maximum atomic E-state index is 13.4. The van der Waals surface area contributed by atoms with Crippen LogP contribution in [0.3, 0.4) is 0 Å². The molecule has 0 unspecified atom stereocenters. The number of H-pyrrole nitrogens is 5. The number of piperidine rings is 5. The fourth-order valence-corrected chi connectivity index (χ4v) is 19.0. The molecule has 5 aromatic heterocycles. The van der Waals surface area contributed by atoms with E-state index in [-0.39, 0.29) is 17.7 Å². The van der Waals surface area contributed by atoms with E-state index in [1.807, 2.05) is 65.8 Å². The van der Waals surface area contributed by atoms with Crippen molar-refractivity contribution in [2.45, 2.75) is 107 Å². The van der Waals surface area contributed by atoms with E-state index in [0.717, 1.165) is 112 Å². The van der Waals surface area contributed by atoms with E-state index >= 15 is 0 Å². The molecule has 0 saturated carbocycles. The molecule has 15 rings (SSSR count). The minimum atomic E-state index is -4.37. The van der Waals surface area contributed by atoms with Crippen LogP contribution >= 0.6 is 23.2 Å². The van der Waals surface area contributed by atoms with E-state index in [4.69, 9.17) is 28.5 Å². The SMILES string of the molecule is CC(=O)N1CCC(c2c[nH]c3cc(C#N)ccc23)CC1.CS(=O)(=O)N1CCC(c2c[nH]c3c(Cl)cccc23)CC1.CS(=O)(=O)N1CCC(c2c[nH]c3cc(F)c(F)cc23)CC1.CS(=O)(=O)N1CCC(c2c[nH]c3ccc(C(F)(F)F)cc23)CC1.CS(=O)(=O)N1CCC(c2c[nH]c3ccc(Cl)cc23)CC1. The van der Waals surface area contributed by atoms with Crippen molar-refractivity contribution in [1.82, 2.24) is 47.0 Å². The Balaban J connectivity index is 0.000000130. The fraction of sp³-hybridized carbons (Fsp3) is 0.425. The van der Waals surface area contributed by atoms with E-state index in [0.29, 0.717) is 123 Å². The number of sulfonamides is 4. The van der Waals surface area contributed by atoms with Crippen molar-refractivity contribution in [3.8, 4) is 6.07 Å². The Labute approximate surface area is 612 Å². The maximum Gasteiger partial charge on any atom is 0.416 e. The predicted octanol–water partition coefficient (Wildman–Crippen LogP) is 14.6. The molecular formula is C73H84Cl2F5N11O9S4. The lowest BCUT2D eigenvalue weighted by molar-refractivity contribution is -0.137. The van der Waals surface area contributed by atoms with Crippen LogP contribution in [0.4, 0.5) is 22.0 Å². The van der Waals surface area contributed by atoms with Gasteiger partial charge in [-0.1, -0.05) is 41.4 Å². The van der Waals surface area contributed by atoms with Crippen LogP contribution < -0.4 is 0 Å². The monoisotopic (exact) mass is 1550 g/mol. The summed E-state index contributed by atoms with van der Waals surface area (Å²) in [4.78, 5) is 29.0. The molecule has 5 fully saturated rings. The van der Waals surface area contributed by atoms with Gasteiger partial charge in [0, 0.05) is 163 Å². The standard InChI is InChI=1S/C16H17N3O.C15H17F3N2O2S.2C14H17ClN2O2S.C14H16F2N2O2S/c1-11(20)19-6-4-13(5-7-19)15-10-18-16-8-12(9-17)2-3-14(15)16;1-23(21,22)20-6-4-10(5-7-20)13-9-19-14-3-2-11(8-12(13)14)15(16,17)18;1-20(18,19)17-6-4-10(5-7-17)13-9-16-14-3-2-11(15)8-12(13)14;1-20(18,19)17-7-5-10(6-8-17)12-9-16-14-11(12)3-2-4-13(14)15;1-21(19,20)18-4-2-9(3-5-18)11-8-17-14-7-13(16)12(15)6-10(11)14/h2-3,8,10,13,18H,4-7H2,1H3;2-3,8-10,19H,4-7H2,1H3;2-3,8-10,16H,4-7H2,1H3;2-4,9-10,16H,5-8H2,1H3;6-9,17H,2-5H2,1H3. The largest absolute Gasteiger partial charge is 0.416 e. The number of alkyl halides is 3. The summed E-state index contributed by atoms with van der Waals surface area (Å²) in [6, 6.07) is 25.7. The molecule has 5 aliphatic heterocycles. The molecule has 0 radical (unpaired) electrons. The van der Waals surface area contributed by atoms with Crippen LogP contribution in [0.5, 0.6) is 0 Å². The van der Waals surface area contributed by atoms with Crippen molar-refractivity contribution >= 4 is 124 Å². The third kappa shape index (κ3) is 18.3. The highest BCUT2D eigenvalue weighted by atomic mass is 35.5. The summed E-state index contributed by atoms with van der Waals surface area (Å²) >= 11 is 12.2. The van der Waals surface area contributed by atoms with Gasteiger partial charge in [-0.25, -0.2) is 59.7 Å². The topological polar surface area (TPSA) is 273 Å². The highest BCUT2D eigenvalue weighted by Gasteiger charge is 2.34. The van der Waals surface area contributed by atoms with Crippen LogP contribution in [0.2, 0.25) is 10.0 Å². The minimum absolute atomic E-state index is 0.0604. The molecule has 0 atom stereocenters. The van der Waals surface area contributed by atoms with Gasteiger partial charge in [0.2, 0.25) is 46.0 Å². The summed E-state index contributed by atoms with van der Waals surface area (Å²) in [5.41, 5.74) is 9.87. The molecule has 10 aromatic rings. The summed E-state index contributed by atoms with van der Waals surface area (Å²) in [7, 11) is -12.5. The van der Waals surface area contributed by atoms with Crippen LogP contribution in [-0.2, 0) is 51.1 Å². The van der Waals surface area contributed by atoms with Gasteiger partial charge >= 0.3 is 6.18 Å². The van der Waals surface area contributed by atoms with Crippen LogP contribution in [0.25, 0.3) is 54.5 Å². The molecule has 1 amide bonds. The van der Waals surface area contributed by atoms with Gasteiger partial charge in [-0.05, 0) is 182 Å². The molecule has 5 N–H and O–H groups in total. The number of nitrogens with zero attached hydrogens (tertiary/aromatic N) is 6. The number of halogens is 7. The first-order valence-corrected chi connectivity index (χ1v) is 42.5. The summed E-state index contributed by atoms with van der Waals surface area (Å²) in [5, 5.41) is 15.1. The molecule has 5 aliphatic rings. The van der Waals surface area contributed by atoms with Crippen LogP contribution in [0.1, 0.15) is 140 Å². The number of rotatable bonds is 9. The quantitative estimate of drug-likeness (QED) is 0.0852. The highest BCUT2D eigenvalue weighted by molar-refractivity contribution is 7.89. The number of nitriles is 1. The number of amides is 1. The minimum Gasteiger partial charge on any atom is -0.361 e. The molecule has 5 saturated heterocycles. The third-order valence-corrected chi connectivity index (χ3v) is 26.6. The number of carbonyl (C=O) groups excluding carboxylic acids is 1. The van der Waals surface area contributed by atoms with Gasteiger partial charge in [-0.3, -0.25) is 4.79 Å². The summed E-state index contributed by atoms with van der Waals surface area (Å²) in [5.74, 6) is -0.0830. The first-order chi connectivity index (χ1) is 49.1. The Hall–Kier alpha value is -7.37. The number of nitrogens with one attached hydrogen (secondary N) is 5. The molecule has 104 heavy (non-hydrogen) atoms. The number of benzene rings is 5. The first-order valence-electron chi connectivity index (χ1n) is 34.4. The Morgan fingerprint density at radius 1 is 0.442 bits per heavy atom. The Bertz CT molecular complexity index is 5220. The molecule has 31 heteroatoms. The molecule has 20 nitrogen and oxygen atoms in total. The van der Waals surface area contributed by atoms with E-state index in [1.54, 1.807) is 27.9 Å². The van der Waals surface area contributed by atoms with Crippen LogP contribution in [0, 0.1) is 23.0 Å². The number of hydrogen-bond acceptors (Lipinski definition) is 10. The van der Waals surface area contributed by atoms with Gasteiger partial charge in [0.15, 0.2) is 11.6 Å². The number of para-hydroxylation sites is 1. The number of aromatic nitrogens is 5. The summed E-state index contributed by atoms with van der Waals surface area (Å²) in [6.07, 6.45) is 18.2. The Kier molecular flexibility index (Phi) is 23.9. The van der Waals surface area contributed by atoms with Gasteiger partial charge < -0.3 is 29.8 Å². The van der Waals surface area contributed by atoms with Gasteiger partial charge in [-0.2, -0.15) is 18.4 Å². The Morgan fingerprint density at radius 2 is 0.808 bits per heavy atom. The van der Waals surface area contributed by atoms with E-state index in [9.17, 15) is 60.4 Å². The lowest BCUT2D eigenvalue weighted by Crippen LogP contribution is -2.37. The average Bonchev–Trinajstić information content (AvgIpc) is 1.73. The molecule has 10 heterocycles. The van der Waals surface area contributed by atoms with E-state index in [1.165, 1.54) is 73.9 Å². The number of fused-ring (bicyclic) bond motifs is 5. The predicted molar refractivity (Wildman–Crippen MR) is 399 cm³/mol. The molecular weight excluding hydrogens is 1470 g/mol. The molecule has 558 valence electrons. The second-order valence-corrected chi connectivity index (χ2v) is 36.3. The lowest BCUT2D eigenvalue weighted by Gasteiger charge is -2.31. The lowest BCUT2D eigenvalue weighted by atomic mass is 9.89. The van der Waals surface area contributed by atoms with Crippen molar-refractivity contribution in [3.05, 3.63) is 177 Å². The second-order valence-electron chi connectivity index (χ2n) is 27.5. The third-order valence-electron chi connectivity index (χ3n) is 20.8. The van der Waals surface area contributed by atoms with Crippen LogP contribution in [0.15, 0.2) is 116 Å². The molecule has 5 aromatic carbocycles. The zero-order valence-electron chi connectivity index (χ0n) is 58.1. The maximum absolute atomic E-state index is 13.4. The van der Waals surface area contributed by atoms with Crippen molar-refractivity contribution in [2.75, 3.05) is 90.5 Å². The smallest absolute Gasteiger partial charge is 0.361 e. The van der Waals surface area contributed by atoms with Gasteiger partial charge in [0.05, 0.1) is 52.8 Å². The zero-order chi connectivity index (χ0) is 74.8. The van der Waals surface area contributed by atoms with Crippen molar-refractivity contribution in [3.63, 3.8) is 0 Å². The van der Waals surface area contributed by atoms with E-state index < -0.39 is 63.5 Å². The summed E-state index contributed by atoms with van der Waals surface area (Å²) < 4.78 is 164. The van der Waals surface area contributed by atoms with Gasteiger partial charge in [-0.15, -0.1) is 0 Å². The van der Waals surface area contributed by atoms with Crippen molar-refractivity contribution in [1.29, 1.82) is 5.26 Å². The molecule has 0 spiro atoms. The Morgan fingerprint density at radius 3 is 1.23 bits per heavy atom. The van der Waals surface area contributed by atoms with Gasteiger partial charge in [0.25, 0.3) is 0 Å². The number of carbonyl (C=O) groups is 1.